The van der Waals surface area contributed by atoms with Crippen LogP contribution in [0.2, 0.25) is 0 Å². The largest absolute Gasteiger partial charge is 0.380 e. The van der Waals surface area contributed by atoms with Gasteiger partial charge in [-0.2, -0.15) is 0 Å². The van der Waals surface area contributed by atoms with E-state index in [9.17, 15) is 0 Å². The van der Waals surface area contributed by atoms with E-state index in [-0.39, 0.29) is 6.04 Å². The van der Waals surface area contributed by atoms with E-state index in [1.54, 1.807) is 0 Å². The predicted molar refractivity (Wildman–Crippen MR) is 60.2 cm³/mol. The maximum atomic E-state index is 5.99. The lowest BCUT2D eigenvalue weighted by Gasteiger charge is -2.19. The highest BCUT2D eigenvalue weighted by molar-refractivity contribution is 4.69. The van der Waals surface area contributed by atoms with Crippen molar-refractivity contribution in [3.8, 4) is 0 Å². The third kappa shape index (κ3) is 3.97. The Bertz CT molecular complexity index is 143. The molecule has 1 saturated carbocycles. The summed E-state index contributed by atoms with van der Waals surface area (Å²) in [5.74, 6) is 1.40. The van der Waals surface area contributed by atoms with E-state index < -0.39 is 0 Å². The van der Waals surface area contributed by atoms with Crippen molar-refractivity contribution in [3.63, 3.8) is 0 Å². The molecule has 0 aromatic carbocycles. The lowest BCUT2D eigenvalue weighted by atomic mass is 10.0. The van der Waals surface area contributed by atoms with Crippen LogP contribution in [0.3, 0.4) is 0 Å². The summed E-state index contributed by atoms with van der Waals surface area (Å²) < 4.78 is 5.68. The molecule has 2 heteroatoms. The van der Waals surface area contributed by atoms with E-state index in [4.69, 9.17) is 10.5 Å². The maximum absolute atomic E-state index is 5.99. The van der Waals surface area contributed by atoms with E-state index in [1.165, 1.54) is 25.7 Å². The highest BCUT2D eigenvalue weighted by atomic mass is 16.5. The van der Waals surface area contributed by atoms with Crippen LogP contribution in [-0.4, -0.2) is 19.3 Å². The molecule has 2 unspecified atom stereocenters. The number of hydrogen-bond acceptors (Lipinski definition) is 2. The molecule has 0 aliphatic heterocycles. The fourth-order valence-electron chi connectivity index (χ4n) is 2.01. The molecule has 84 valence electrons. The van der Waals surface area contributed by atoms with Gasteiger partial charge in [0.2, 0.25) is 0 Å². The lowest BCUT2D eigenvalue weighted by Crippen LogP contribution is -2.33. The van der Waals surface area contributed by atoms with Crippen molar-refractivity contribution in [1.29, 1.82) is 0 Å². The monoisotopic (exact) mass is 199 g/mol. The second-order valence-electron chi connectivity index (χ2n) is 4.74. The summed E-state index contributed by atoms with van der Waals surface area (Å²) in [5, 5.41) is 0. The molecule has 0 aromatic rings. The second kappa shape index (κ2) is 6.41. The molecule has 1 aliphatic rings. The molecule has 1 aliphatic carbocycles. The Morgan fingerprint density at radius 2 is 2.00 bits per heavy atom. The van der Waals surface area contributed by atoms with Crippen LogP contribution in [0.4, 0.5) is 0 Å². The third-order valence-corrected chi connectivity index (χ3v) is 3.51. The zero-order chi connectivity index (χ0) is 10.4. The van der Waals surface area contributed by atoms with Crippen molar-refractivity contribution in [1.82, 2.24) is 0 Å². The fourth-order valence-corrected chi connectivity index (χ4v) is 2.01. The summed E-state index contributed by atoms with van der Waals surface area (Å²) in [5.41, 5.74) is 5.99. The standard InChI is InChI=1S/C12H25NO/c1-3-10(2)12(13)9-14-8-11-6-4-5-7-11/h10-12H,3-9,13H2,1-2H3. The van der Waals surface area contributed by atoms with E-state index in [1.807, 2.05) is 0 Å². The molecule has 0 amide bonds. The van der Waals surface area contributed by atoms with Gasteiger partial charge in [-0.15, -0.1) is 0 Å². The van der Waals surface area contributed by atoms with E-state index >= 15 is 0 Å². The van der Waals surface area contributed by atoms with E-state index in [0.717, 1.165) is 25.6 Å². The van der Waals surface area contributed by atoms with Crippen molar-refractivity contribution >= 4 is 0 Å². The normalized spacial score (nSPS) is 22.5. The lowest BCUT2D eigenvalue weighted by molar-refractivity contribution is 0.0797. The minimum atomic E-state index is 0.224. The van der Waals surface area contributed by atoms with Crippen LogP contribution in [0.25, 0.3) is 0 Å². The van der Waals surface area contributed by atoms with Crippen molar-refractivity contribution in [2.45, 2.75) is 52.0 Å². The molecule has 2 atom stereocenters. The average molecular weight is 199 g/mol. The van der Waals surface area contributed by atoms with Crippen molar-refractivity contribution in [3.05, 3.63) is 0 Å². The molecular weight excluding hydrogens is 174 g/mol. The zero-order valence-corrected chi connectivity index (χ0v) is 9.67. The van der Waals surface area contributed by atoms with Crippen molar-refractivity contribution in [2.24, 2.45) is 17.6 Å². The minimum Gasteiger partial charge on any atom is -0.380 e. The summed E-state index contributed by atoms with van der Waals surface area (Å²) in [4.78, 5) is 0. The molecular formula is C12H25NO. The summed E-state index contributed by atoms with van der Waals surface area (Å²) >= 11 is 0. The van der Waals surface area contributed by atoms with Gasteiger partial charge >= 0.3 is 0 Å². The highest BCUT2D eigenvalue weighted by Crippen LogP contribution is 2.24. The number of nitrogens with two attached hydrogens (primary N) is 1. The highest BCUT2D eigenvalue weighted by Gasteiger charge is 2.16. The SMILES string of the molecule is CCC(C)C(N)COCC1CCCC1. The van der Waals surface area contributed by atoms with Gasteiger partial charge in [0.1, 0.15) is 0 Å². The van der Waals surface area contributed by atoms with Gasteiger partial charge in [0, 0.05) is 12.6 Å². The van der Waals surface area contributed by atoms with Gasteiger partial charge in [0.15, 0.2) is 0 Å². The Hall–Kier alpha value is -0.0800. The Kier molecular flexibility index (Phi) is 5.49. The van der Waals surface area contributed by atoms with Gasteiger partial charge in [-0.05, 0) is 24.7 Å². The summed E-state index contributed by atoms with van der Waals surface area (Å²) in [6.45, 7) is 6.06. The predicted octanol–water partition coefficient (Wildman–Crippen LogP) is 2.57. The Morgan fingerprint density at radius 1 is 1.36 bits per heavy atom. The first-order valence-corrected chi connectivity index (χ1v) is 6.07. The van der Waals surface area contributed by atoms with Crippen LogP contribution in [0.5, 0.6) is 0 Å². The average Bonchev–Trinajstić information content (AvgIpc) is 2.69. The topological polar surface area (TPSA) is 35.2 Å². The van der Waals surface area contributed by atoms with Crippen LogP contribution in [0.15, 0.2) is 0 Å². The molecule has 1 fully saturated rings. The zero-order valence-electron chi connectivity index (χ0n) is 9.67. The summed E-state index contributed by atoms with van der Waals surface area (Å²) in [6, 6.07) is 0.224. The van der Waals surface area contributed by atoms with Gasteiger partial charge < -0.3 is 10.5 Å². The van der Waals surface area contributed by atoms with Crippen LogP contribution >= 0.6 is 0 Å². The second-order valence-corrected chi connectivity index (χ2v) is 4.74. The Labute approximate surface area is 88.2 Å². The van der Waals surface area contributed by atoms with Crippen LogP contribution in [0, 0.1) is 11.8 Å². The number of rotatable bonds is 6. The number of ether oxygens (including phenoxy) is 1. The Morgan fingerprint density at radius 3 is 2.57 bits per heavy atom. The maximum Gasteiger partial charge on any atom is 0.0620 e. The minimum absolute atomic E-state index is 0.224. The van der Waals surface area contributed by atoms with Gasteiger partial charge in [0.05, 0.1) is 6.61 Å². The molecule has 2 N–H and O–H groups in total. The first kappa shape index (κ1) is 12.0. The molecule has 0 saturated heterocycles. The molecule has 1 rings (SSSR count). The van der Waals surface area contributed by atoms with Crippen LogP contribution in [-0.2, 0) is 4.74 Å². The smallest absolute Gasteiger partial charge is 0.0620 e. The first-order valence-electron chi connectivity index (χ1n) is 6.07. The molecule has 0 heterocycles. The van der Waals surface area contributed by atoms with Crippen LogP contribution < -0.4 is 5.73 Å². The summed E-state index contributed by atoms with van der Waals surface area (Å²) in [7, 11) is 0. The molecule has 14 heavy (non-hydrogen) atoms. The van der Waals surface area contributed by atoms with Gasteiger partial charge in [-0.1, -0.05) is 33.1 Å². The van der Waals surface area contributed by atoms with Gasteiger partial charge in [0.25, 0.3) is 0 Å². The van der Waals surface area contributed by atoms with Crippen molar-refractivity contribution in [2.75, 3.05) is 13.2 Å². The Balaban J connectivity index is 2.02. The van der Waals surface area contributed by atoms with E-state index in [2.05, 4.69) is 13.8 Å². The first-order chi connectivity index (χ1) is 6.74. The van der Waals surface area contributed by atoms with E-state index in [0.29, 0.717) is 5.92 Å². The summed E-state index contributed by atoms with van der Waals surface area (Å²) in [6.07, 6.45) is 6.65. The fraction of sp³-hybridized carbons (Fsp3) is 1.00. The molecule has 0 radical (unpaired) electrons. The van der Waals surface area contributed by atoms with Gasteiger partial charge in [-0.3, -0.25) is 0 Å². The molecule has 0 bridgehead atoms. The molecule has 0 aromatic heterocycles. The number of hydrogen-bond donors (Lipinski definition) is 1. The molecule has 0 spiro atoms. The molecule has 2 nitrogen and oxygen atoms in total. The van der Waals surface area contributed by atoms with Crippen molar-refractivity contribution < 1.29 is 4.74 Å². The van der Waals surface area contributed by atoms with Crippen LogP contribution in [0.1, 0.15) is 46.0 Å². The van der Waals surface area contributed by atoms with Gasteiger partial charge in [-0.25, -0.2) is 0 Å². The third-order valence-electron chi connectivity index (χ3n) is 3.51. The quantitative estimate of drug-likeness (QED) is 0.713.